The van der Waals surface area contributed by atoms with Crippen LogP contribution in [0.4, 0.5) is 0 Å². The first-order chi connectivity index (χ1) is 14.3. The third kappa shape index (κ3) is 4.55. The zero-order valence-electron chi connectivity index (χ0n) is 15.8. The fraction of sp³-hybridized carbons (Fsp3) is 0.130. The molecule has 0 spiro atoms. The van der Waals surface area contributed by atoms with Crippen molar-refractivity contribution in [3.05, 3.63) is 114 Å². The Kier molecular flexibility index (Phi) is 5.71. The summed E-state index contributed by atoms with van der Waals surface area (Å²) in [6, 6.07) is 28.9. The predicted molar refractivity (Wildman–Crippen MR) is 110 cm³/mol. The topological polar surface area (TPSA) is 72.7 Å². The fourth-order valence-corrected chi connectivity index (χ4v) is 3.34. The lowest BCUT2D eigenvalue weighted by molar-refractivity contribution is -0.125. The van der Waals surface area contributed by atoms with Gasteiger partial charge in [-0.3, -0.25) is 4.79 Å². The zero-order valence-corrected chi connectivity index (χ0v) is 15.8. The third-order valence-corrected chi connectivity index (χ3v) is 4.81. The summed E-state index contributed by atoms with van der Waals surface area (Å²) in [5.41, 5.74) is 3.07. The Morgan fingerprint density at radius 3 is 1.90 bits per heavy atom. The van der Waals surface area contributed by atoms with Gasteiger partial charge in [-0.1, -0.05) is 91.0 Å². The van der Waals surface area contributed by atoms with Crippen LogP contribution < -0.4 is 5.32 Å². The Morgan fingerprint density at radius 1 is 0.828 bits per heavy atom. The maximum Gasteiger partial charge on any atom is 0.246 e. The Labute approximate surface area is 169 Å². The van der Waals surface area contributed by atoms with Crippen molar-refractivity contribution in [3.63, 3.8) is 0 Å². The second kappa shape index (κ2) is 8.93. The van der Waals surface area contributed by atoms with Gasteiger partial charge in [0.25, 0.3) is 0 Å². The van der Waals surface area contributed by atoms with E-state index in [1.54, 1.807) is 0 Å². The molecule has 0 aliphatic carbocycles. The number of aromatic nitrogens is 4. The van der Waals surface area contributed by atoms with Crippen molar-refractivity contribution < 1.29 is 4.79 Å². The average Bonchev–Trinajstić information content (AvgIpc) is 3.32. The smallest absolute Gasteiger partial charge is 0.246 e. The number of hydrogen-bond acceptors (Lipinski definition) is 4. The van der Waals surface area contributed by atoms with Crippen LogP contribution in [0.15, 0.2) is 97.3 Å². The molecule has 6 heteroatoms. The molecule has 1 amide bonds. The van der Waals surface area contributed by atoms with Crippen LogP contribution in [0, 0.1) is 0 Å². The summed E-state index contributed by atoms with van der Waals surface area (Å²) in [6.45, 7) is 0. The van der Waals surface area contributed by atoms with E-state index in [1.165, 1.54) is 11.0 Å². The van der Waals surface area contributed by atoms with E-state index < -0.39 is 6.04 Å². The van der Waals surface area contributed by atoms with Gasteiger partial charge in [0, 0.05) is 6.42 Å². The summed E-state index contributed by atoms with van der Waals surface area (Å²) in [7, 11) is 0. The minimum atomic E-state index is -0.553. The number of benzene rings is 3. The van der Waals surface area contributed by atoms with Gasteiger partial charge in [-0.2, -0.15) is 0 Å². The molecular formula is C23H21N5O. The molecule has 144 valence electrons. The first-order valence-corrected chi connectivity index (χ1v) is 9.48. The zero-order chi connectivity index (χ0) is 19.9. The van der Waals surface area contributed by atoms with E-state index >= 15 is 0 Å². The second-order valence-corrected chi connectivity index (χ2v) is 6.76. The van der Waals surface area contributed by atoms with E-state index in [1.807, 2.05) is 91.0 Å². The lowest BCUT2D eigenvalue weighted by Crippen LogP contribution is -2.37. The molecule has 0 fully saturated rings. The summed E-state index contributed by atoms with van der Waals surface area (Å²) < 4.78 is 1.51. The van der Waals surface area contributed by atoms with Crippen molar-refractivity contribution in [2.24, 2.45) is 0 Å². The minimum absolute atomic E-state index is 0.140. The second-order valence-electron chi connectivity index (χ2n) is 6.76. The highest BCUT2D eigenvalue weighted by Gasteiger charge is 2.26. The van der Waals surface area contributed by atoms with Crippen LogP contribution in [-0.4, -0.2) is 26.1 Å². The van der Waals surface area contributed by atoms with Gasteiger partial charge < -0.3 is 5.32 Å². The van der Waals surface area contributed by atoms with E-state index in [-0.39, 0.29) is 11.9 Å². The number of rotatable bonds is 7. The van der Waals surface area contributed by atoms with Gasteiger partial charge in [0.1, 0.15) is 12.4 Å². The molecule has 4 rings (SSSR count). The van der Waals surface area contributed by atoms with E-state index in [9.17, 15) is 4.79 Å². The third-order valence-electron chi connectivity index (χ3n) is 4.81. The van der Waals surface area contributed by atoms with E-state index in [4.69, 9.17) is 0 Å². The van der Waals surface area contributed by atoms with E-state index in [2.05, 4.69) is 20.8 Å². The highest BCUT2D eigenvalue weighted by Crippen LogP contribution is 2.23. The molecule has 29 heavy (non-hydrogen) atoms. The summed E-state index contributed by atoms with van der Waals surface area (Å²) in [5.74, 6) is -0.140. The van der Waals surface area contributed by atoms with Crippen LogP contribution in [0.2, 0.25) is 0 Å². The molecule has 0 saturated heterocycles. The normalized spacial score (nSPS) is 11.9. The van der Waals surface area contributed by atoms with Gasteiger partial charge in [0.15, 0.2) is 0 Å². The average molecular weight is 383 g/mol. The van der Waals surface area contributed by atoms with Gasteiger partial charge in [-0.25, -0.2) is 4.68 Å². The SMILES string of the molecule is O=C(NC(c1ccccc1)c1ccccc1)[C@H](Cc1ccccc1)n1cnnn1. The van der Waals surface area contributed by atoms with Gasteiger partial charge in [-0.15, -0.1) is 5.10 Å². The summed E-state index contributed by atoms with van der Waals surface area (Å²) >= 11 is 0. The Balaban J connectivity index is 1.64. The molecule has 6 nitrogen and oxygen atoms in total. The van der Waals surface area contributed by atoms with E-state index in [0.717, 1.165) is 16.7 Å². The molecule has 0 radical (unpaired) electrons. The van der Waals surface area contributed by atoms with Crippen LogP contribution in [0.3, 0.4) is 0 Å². The molecule has 3 aromatic carbocycles. The summed E-state index contributed by atoms with van der Waals surface area (Å²) in [5, 5.41) is 14.6. The minimum Gasteiger partial charge on any atom is -0.343 e. The molecule has 0 aliphatic heterocycles. The standard InChI is InChI=1S/C23H21N5O/c29-23(21(28-17-24-26-27-28)16-18-10-4-1-5-11-18)25-22(19-12-6-2-7-13-19)20-14-8-3-9-15-20/h1-15,17,21-22H,16H2,(H,25,29)/t21-/m0/s1. The van der Waals surface area contributed by atoms with Crippen molar-refractivity contribution in [3.8, 4) is 0 Å². The molecule has 0 saturated carbocycles. The molecule has 1 atom stereocenters. The number of carbonyl (C=O) groups is 1. The lowest BCUT2D eigenvalue weighted by atomic mass is 9.97. The Hall–Kier alpha value is -3.80. The molecule has 1 N–H and O–H groups in total. The highest BCUT2D eigenvalue weighted by atomic mass is 16.2. The monoisotopic (exact) mass is 383 g/mol. The fourth-order valence-electron chi connectivity index (χ4n) is 3.34. The lowest BCUT2D eigenvalue weighted by Gasteiger charge is -2.23. The van der Waals surface area contributed by atoms with Crippen LogP contribution in [-0.2, 0) is 11.2 Å². The number of tetrazole rings is 1. The van der Waals surface area contributed by atoms with Crippen molar-refractivity contribution in [1.29, 1.82) is 0 Å². The molecular weight excluding hydrogens is 362 g/mol. The van der Waals surface area contributed by atoms with Crippen molar-refractivity contribution in [2.75, 3.05) is 0 Å². The number of hydrogen-bond donors (Lipinski definition) is 1. The number of nitrogens with one attached hydrogen (secondary N) is 1. The molecule has 1 heterocycles. The maximum atomic E-state index is 13.4. The number of nitrogens with zero attached hydrogens (tertiary/aromatic N) is 4. The summed E-state index contributed by atoms with van der Waals surface area (Å²) in [6.07, 6.45) is 1.97. The predicted octanol–water partition coefficient (Wildman–Crippen LogP) is 3.36. The largest absolute Gasteiger partial charge is 0.343 e. The quantitative estimate of drug-likeness (QED) is 0.531. The number of carbonyl (C=O) groups excluding carboxylic acids is 1. The van der Waals surface area contributed by atoms with Crippen LogP contribution in [0.25, 0.3) is 0 Å². The summed E-state index contributed by atoms with van der Waals surface area (Å²) in [4.78, 5) is 13.4. The van der Waals surface area contributed by atoms with Crippen LogP contribution >= 0.6 is 0 Å². The van der Waals surface area contributed by atoms with Gasteiger partial charge in [0.2, 0.25) is 5.91 Å². The van der Waals surface area contributed by atoms with Crippen molar-refractivity contribution in [1.82, 2.24) is 25.5 Å². The van der Waals surface area contributed by atoms with Crippen molar-refractivity contribution in [2.45, 2.75) is 18.5 Å². The van der Waals surface area contributed by atoms with Crippen LogP contribution in [0.5, 0.6) is 0 Å². The first kappa shape index (κ1) is 18.6. The Bertz CT molecular complexity index is 981. The van der Waals surface area contributed by atoms with Gasteiger partial charge >= 0.3 is 0 Å². The van der Waals surface area contributed by atoms with Crippen molar-refractivity contribution >= 4 is 5.91 Å². The molecule has 4 aromatic rings. The molecule has 0 aliphatic rings. The van der Waals surface area contributed by atoms with Gasteiger partial charge in [-0.05, 0) is 27.1 Å². The van der Waals surface area contributed by atoms with Crippen LogP contribution in [0.1, 0.15) is 28.8 Å². The maximum absolute atomic E-state index is 13.4. The molecule has 0 bridgehead atoms. The van der Waals surface area contributed by atoms with E-state index in [0.29, 0.717) is 6.42 Å². The number of amides is 1. The Morgan fingerprint density at radius 2 is 1.38 bits per heavy atom. The molecule has 1 aromatic heterocycles. The highest BCUT2D eigenvalue weighted by molar-refractivity contribution is 5.81. The van der Waals surface area contributed by atoms with Gasteiger partial charge in [0.05, 0.1) is 6.04 Å². The molecule has 0 unspecified atom stereocenters. The first-order valence-electron chi connectivity index (χ1n) is 9.48.